The van der Waals surface area contributed by atoms with E-state index in [-0.39, 0.29) is 95.8 Å². The van der Waals surface area contributed by atoms with Gasteiger partial charge in [-0.25, -0.2) is 9.79 Å². The number of rotatable bonds is 36. The Morgan fingerprint density at radius 2 is 1.40 bits per heavy atom. The average molecular weight is 1090 g/mol. The van der Waals surface area contributed by atoms with Gasteiger partial charge in [0.1, 0.15) is 47.4 Å². The number of aliphatic hydroxyl groups is 1. The molecule has 430 valence electrons. The summed E-state index contributed by atoms with van der Waals surface area (Å²) in [5, 5.41) is 35.2. The Balaban J connectivity index is 2.36. The van der Waals surface area contributed by atoms with Gasteiger partial charge in [-0.1, -0.05) is 24.6 Å². The normalized spacial score (nSPS) is 15.8. The van der Waals surface area contributed by atoms with E-state index in [0.29, 0.717) is 50.0 Å². The Hall–Kier alpha value is -7.15. The number of benzene rings is 1. The fourth-order valence-electron chi connectivity index (χ4n) is 7.80. The van der Waals surface area contributed by atoms with E-state index in [4.69, 9.17) is 50.6 Å². The first kappa shape index (κ1) is 66.0. The van der Waals surface area contributed by atoms with E-state index < -0.39 is 114 Å². The maximum Gasteiger partial charge on any atom is 0.352 e. The molecule has 0 aliphatic carbocycles. The number of nitrogens with two attached hydrogens (primary N) is 8. The molecule has 0 bridgehead atoms. The molecule has 1 aromatic rings. The molecule has 29 heteroatoms. The van der Waals surface area contributed by atoms with Crippen molar-refractivity contribution in [1.29, 1.82) is 0 Å². The molecule has 29 nitrogen and oxygen atoms in total. The van der Waals surface area contributed by atoms with Gasteiger partial charge in [0, 0.05) is 26.1 Å². The van der Waals surface area contributed by atoms with Crippen LogP contribution in [0.3, 0.4) is 0 Å². The summed E-state index contributed by atoms with van der Waals surface area (Å²) in [6.07, 6.45) is 2.24. The highest BCUT2D eigenvalue weighted by atomic mass is 16.5. The first-order valence-electron chi connectivity index (χ1n) is 25.5. The first-order chi connectivity index (χ1) is 36.7. The summed E-state index contributed by atoms with van der Waals surface area (Å²) in [4.78, 5) is 130. The van der Waals surface area contributed by atoms with Gasteiger partial charge in [0.05, 0.1) is 25.8 Å². The number of carboxylic acids is 1. The maximum absolute atomic E-state index is 14.3. The number of ether oxygens (including phenoxy) is 1. The van der Waals surface area contributed by atoms with Crippen molar-refractivity contribution in [2.24, 2.45) is 55.9 Å². The standard InChI is InChI=1S/C48H81N17O12/c1-77-29-16-14-28(15-17-29)25-35(43(71)60-31(10-3-5-20-50)42(70)62-34(47(75)76)12-7-23-57-48(55)56)63-44(72)36-13-8-24-65(36)46(74)33(11-6-21-51)59-38(67)27-58-41(69)32(18-22-52)61-45(73)39(37(66)26-53)64-40(68)30(54)9-2-4-19-49/h12,14-17,30-32,35-37,39,66H,2-11,13,18-27,49-54H2,1H3,(H,58,69)(H,60,71)(H,61,73)(H,62,70)(H,63,72)(H,64,68)(H,75,76)(H4,55,56,57)/b34-12-,59-33?/t30-,31-,32-,35-,36-,37-,39-/m0/s1. The molecule has 1 heterocycles. The third kappa shape index (κ3) is 23.7. The lowest BCUT2D eigenvalue weighted by Crippen LogP contribution is -2.61. The number of aliphatic carboxylic acids is 1. The number of carboxylic acid groups (broad SMARTS) is 1. The van der Waals surface area contributed by atoms with Crippen molar-refractivity contribution < 1.29 is 58.1 Å². The molecule has 0 saturated carbocycles. The number of hydrogen-bond acceptors (Lipinski definition) is 18. The van der Waals surface area contributed by atoms with E-state index in [1.165, 1.54) is 18.1 Å². The summed E-state index contributed by atoms with van der Waals surface area (Å²) < 4.78 is 5.26. The third-order valence-electron chi connectivity index (χ3n) is 12.0. The number of carbonyl (C=O) groups excluding carboxylic acids is 8. The Labute approximate surface area is 447 Å². The van der Waals surface area contributed by atoms with Gasteiger partial charge in [0.25, 0.3) is 11.8 Å². The molecule has 0 aromatic heterocycles. The highest BCUT2D eigenvalue weighted by molar-refractivity contribution is 6.40. The fourth-order valence-corrected chi connectivity index (χ4v) is 7.80. The predicted octanol–water partition coefficient (Wildman–Crippen LogP) is -6.01. The predicted molar refractivity (Wildman–Crippen MR) is 285 cm³/mol. The number of amides is 8. The molecule has 0 radical (unpaired) electrons. The number of guanidine groups is 1. The van der Waals surface area contributed by atoms with Crippen LogP contribution in [0.5, 0.6) is 5.75 Å². The Bertz CT molecular complexity index is 2210. The van der Waals surface area contributed by atoms with Crippen molar-refractivity contribution in [3.8, 4) is 5.75 Å². The van der Waals surface area contributed by atoms with Crippen LogP contribution in [0.1, 0.15) is 82.6 Å². The zero-order chi connectivity index (χ0) is 57.5. The summed E-state index contributed by atoms with van der Waals surface area (Å²) in [6.45, 7) is -0.502. The lowest BCUT2D eigenvalue weighted by Gasteiger charge is -2.28. The number of carbonyl (C=O) groups is 9. The highest BCUT2D eigenvalue weighted by Crippen LogP contribution is 2.20. The molecule has 1 saturated heterocycles. The summed E-state index contributed by atoms with van der Waals surface area (Å²) in [6, 6.07) is -1.23. The average Bonchev–Trinajstić information content (AvgIpc) is 3.91. The number of unbranched alkanes of at least 4 members (excludes halogenated alkanes) is 2. The number of aliphatic imine (C=N–C) groups is 2. The molecule has 0 spiro atoms. The van der Waals surface area contributed by atoms with E-state index in [0.717, 1.165) is 0 Å². The Morgan fingerprint density at radius 1 is 0.766 bits per heavy atom. The fraction of sp³-hybridized carbons (Fsp3) is 0.604. The van der Waals surface area contributed by atoms with Gasteiger partial charge in [0.15, 0.2) is 5.96 Å². The van der Waals surface area contributed by atoms with Gasteiger partial charge in [0.2, 0.25) is 35.4 Å². The number of nitrogens with one attached hydrogen (secondary N) is 6. The van der Waals surface area contributed by atoms with Gasteiger partial charge in [-0.15, -0.1) is 0 Å². The second-order valence-electron chi connectivity index (χ2n) is 18.0. The van der Waals surface area contributed by atoms with Gasteiger partial charge < -0.3 is 97.6 Å². The molecule has 1 fully saturated rings. The summed E-state index contributed by atoms with van der Waals surface area (Å²) >= 11 is 0. The zero-order valence-corrected chi connectivity index (χ0v) is 43.7. The molecule has 0 unspecified atom stereocenters. The van der Waals surface area contributed by atoms with Crippen LogP contribution < -0.4 is 82.5 Å². The zero-order valence-electron chi connectivity index (χ0n) is 43.7. The lowest BCUT2D eigenvalue weighted by molar-refractivity contribution is -0.137. The first-order valence-corrected chi connectivity index (χ1v) is 25.5. The number of methoxy groups -OCH3 is 1. The van der Waals surface area contributed by atoms with Crippen LogP contribution in [-0.2, 0) is 49.6 Å². The summed E-state index contributed by atoms with van der Waals surface area (Å²) in [5.74, 6) is -7.99. The molecular weight excluding hydrogens is 1010 g/mol. The molecule has 2 rings (SSSR count). The lowest BCUT2D eigenvalue weighted by atomic mass is 10.0. The molecule has 1 aromatic carbocycles. The van der Waals surface area contributed by atoms with Crippen LogP contribution in [-0.4, -0.2) is 182 Å². The second-order valence-corrected chi connectivity index (χ2v) is 18.0. The summed E-state index contributed by atoms with van der Waals surface area (Å²) in [7, 11) is 1.47. The van der Waals surface area contributed by atoms with Crippen molar-refractivity contribution in [3.05, 3.63) is 41.6 Å². The van der Waals surface area contributed by atoms with E-state index in [9.17, 15) is 53.4 Å². The van der Waals surface area contributed by atoms with Gasteiger partial charge in [-0.3, -0.25) is 43.3 Å². The monoisotopic (exact) mass is 1090 g/mol. The van der Waals surface area contributed by atoms with Gasteiger partial charge in [-0.2, -0.15) is 0 Å². The molecule has 1 aliphatic rings. The van der Waals surface area contributed by atoms with E-state index in [2.05, 4.69) is 41.9 Å². The van der Waals surface area contributed by atoms with Crippen LogP contribution >= 0.6 is 0 Å². The number of hydrogen-bond donors (Lipinski definition) is 16. The van der Waals surface area contributed by atoms with Crippen LogP contribution in [0.25, 0.3) is 0 Å². The quantitative estimate of drug-likeness (QED) is 0.0129. The van der Waals surface area contributed by atoms with Crippen LogP contribution in [0.15, 0.2) is 46.0 Å². The number of nitrogens with zero attached hydrogens (tertiary/aromatic N) is 3. The smallest absolute Gasteiger partial charge is 0.352 e. The van der Waals surface area contributed by atoms with Gasteiger partial charge >= 0.3 is 5.97 Å². The molecule has 77 heavy (non-hydrogen) atoms. The minimum atomic E-state index is -1.61. The minimum absolute atomic E-state index is 0.0342. The Kier molecular flexibility index (Phi) is 30.8. The highest BCUT2D eigenvalue weighted by Gasteiger charge is 2.39. The van der Waals surface area contributed by atoms with Crippen LogP contribution in [0.4, 0.5) is 0 Å². The number of likely N-dealkylation sites (tertiary alicyclic amines) is 1. The molecular formula is C48H81N17O12. The van der Waals surface area contributed by atoms with E-state index >= 15 is 0 Å². The summed E-state index contributed by atoms with van der Waals surface area (Å²) in [5.41, 5.74) is 44.8. The largest absolute Gasteiger partial charge is 0.497 e. The van der Waals surface area contributed by atoms with Crippen molar-refractivity contribution in [3.63, 3.8) is 0 Å². The minimum Gasteiger partial charge on any atom is -0.497 e. The van der Waals surface area contributed by atoms with Crippen molar-refractivity contribution in [2.75, 3.05) is 59.5 Å². The molecule has 1 aliphatic heterocycles. The van der Waals surface area contributed by atoms with Crippen LogP contribution in [0, 0.1) is 0 Å². The van der Waals surface area contributed by atoms with Gasteiger partial charge in [-0.05, 0) is 115 Å². The van der Waals surface area contributed by atoms with Crippen molar-refractivity contribution in [2.45, 2.75) is 126 Å². The van der Waals surface area contributed by atoms with E-state index in [1.54, 1.807) is 24.3 Å². The number of aliphatic hydroxyl groups excluding tert-OH is 1. The third-order valence-corrected chi connectivity index (χ3v) is 12.0. The molecule has 7 atom stereocenters. The van der Waals surface area contributed by atoms with Crippen molar-refractivity contribution in [1.82, 2.24) is 36.8 Å². The van der Waals surface area contributed by atoms with Crippen molar-refractivity contribution >= 4 is 64.9 Å². The Morgan fingerprint density at radius 3 is 2.00 bits per heavy atom. The maximum atomic E-state index is 14.3. The van der Waals surface area contributed by atoms with Crippen LogP contribution in [0.2, 0.25) is 0 Å². The molecule has 24 N–H and O–H groups in total. The van der Waals surface area contributed by atoms with E-state index in [1.807, 2.05) is 0 Å². The molecule has 8 amide bonds. The second kappa shape index (κ2) is 36.0. The topological polar surface area (TPSA) is 512 Å². The SMILES string of the molecule is COc1ccc(C[C@H](NC(=O)[C@@H]2CCCN2C(=O)C(CCCN)=NC(=O)CNC(=O)[C@H](CCN)NC(=O)[C@@H](NC(=O)[C@@H](N)CCCCN)[C@@H](O)CN)C(=O)N[C@@H](CCCCN)C(=O)N/C(=C\CCN=C(N)N)C(=O)O)cc1.